The van der Waals surface area contributed by atoms with E-state index in [1.54, 1.807) is 12.4 Å². The van der Waals surface area contributed by atoms with Gasteiger partial charge >= 0.3 is 0 Å². The van der Waals surface area contributed by atoms with Crippen LogP contribution in [0.25, 0.3) is 0 Å². The number of hydrogen-bond donors (Lipinski definition) is 0. The maximum absolute atomic E-state index is 12.2. The molecule has 4 nitrogen and oxygen atoms in total. The third-order valence-corrected chi connectivity index (χ3v) is 4.93. The number of alkyl halides is 2. The minimum atomic E-state index is -0.845. The summed E-state index contributed by atoms with van der Waals surface area (Å²) in [6.45, 7) is 2.83. The van der Waals surface area contributed by atoms with Gasteiger partial charge in [-0.05, 0) is 12.5 Å². The molecule has 1 amide bonds. The fourth-order valence-corrected chi connectivity index (χ4v) is 3.23. The molecule has 2 heterocycles. The van der Waals surface area contributed by atoms with Crippen molar-refractivity contribution in [2.24, 2.45) is 5.92 Å². The summed E-state index contributed by atoms with van der Waals surface area (Å²) in [5, 5.41) is 0.634. The van der Waals surface area contributed by atoms with Gasteiger partial charge in [0.25, 0.3) is 0 Å². The summed E-state index contributed by atoms with van der Waals surface area (Å²) in [4.78, 5) is 20.2. The summed E-state index contributed by atoms with van der Waals surface area (Å²) in [5.41, 5.74) is 0.962. The van der Waals surface area contributed by atoms with Crippen LogP contribution in [-0.4, -0.2) is 46.3 Å². The van der Waals surface area contributed by atoms with E-state index in [2.05, 4.69) is 9.88 Å². The van der Waals surface area contributed by atoms with Crippen molar-refractivity contribution in [3.8, 4) is 0 Å². The lowest BCUT2D eigenvalue weighted by molar-refractivity contribution is -0.132. The van der Waals surface area contributed by atoms with Crippen LogP contribution < -0.4 is 4.90 Å². The Kier molecular flexibility index (Phi) is 3.73. The summed E-state index contributed by atoms with van der Waals surface area (Å²) in [6, 6.07) is 1.89. The van der Waals surface area contributed by atoms with E-state index in [9.17, 15) is 4.79 Å². The summed E-state index contributed by atoms with van der Waals surface area (Å²) in [7, 11) is 0. The third-order valence-electron chi connectivity index (χ3n) is 3.81. The van der Waals surface area contributed by atoms with Gasteiger partial charge in [0.2, 0.25) is 5.91 Å². The molecule has 1 saturated carbocycles. The van der Waals surface area contributed by atoms with E-state index < -0.39 is 4.33 Å². The number of carbonyl (C=O) groups is 1. The molecule has 0 spiro atoms. The van der Waals surface area contributed by atoms with Gasteiger partial charge in [-0.25, -0.2) is 0 Å². The van der Waals surface area contributed by atoms with Crippen LogP contribution in [0.1, 0.15) is 6.42 Å². The highest BCUT2D eigenvalue weighted by Gasteiger charge is 2.57. The Bertz CT molecular complexity index is 529. The Morgan fingerprint density at radius 2 is 1.95 bits per heavy atom. The zero-order valence-electron chi connectivity index (χ0n) is 10.7. The molecule has 7 heteroatoms. The highest BCUT2D eigenvalue weighted by atomic mass is 35.5. The summed E-state index contributed by atoms with van der Waals surface area (Å²) >= 11 is 18.0. The van der Waals surface area contributed by atoms with E-state index in [0.717, 1.165) is 18.8 Å². The molecule has 2 aliphatic rings. The van der Waals surface area contributed by atoms with Gasteiger partial charge in [0.05, 0.1) is 16.6 Å². The van der Waals surface area contributed by atoms with E-state index in [0.29, 0.717) is 24.5 Å². The van der Waals surface area contributed by atoms with Crippen molar-refractivity contribution in [3.05, 3.63) is 23.5 Å². The van der Waals surface area contributed by atoms with Gasteiger partial charge in [0.15, 0.2) is 0 Å². The summed E-state index contributed by atoms with van der Waals surface area (Å²) in [6.07, 6.45) is 3.91. The van der Waals surface area contributed by atoms with Gasteiger partial charge < -0.3 is 9.80 Å². The second-order valence-corrected chi connectivity index (χ2v) is 7.11. The van der Waals surface area contributed by atoms with E-state index in [-0.39, 0.29) is 11.8 Å². The number of pyridine rings is 1. The molecule has 1 aliphatic carbocycles. The molecule has 3 rings (SSSR count). The standard InChI is InChI=1S/C13H14Cl3N3O/c14-10-8-17-2-1-11(10)18-3-5-19(6-4-18)12(20)9-7-13(9,15)16/h1-2,8-9H,3-7H2. The molecule has 108 valence electrons. The monoisotopic (exact) mass is 333 g/mol. The van der Waals surface area contributed by atoms with E-state index in [1.165, 1.54) is 0 Å². The first-order valence-corrected chi connectivity index (χ1v) is 7.63. The molecule has 0 radical (unpaired) electrons. The lowest BCUT2D eigenvalue weighted by atomic mass is 10.2. The maximum Gasteiger partial charge on any atom is 0.228 e. The van der Waals surface area contributed by atoms with Crippen molar-refractivity contribution >= 4 is 46.4 Å². The molecule has 0 N–H and O–H groups in total. The smallest absolute Gasteiger partial charge is 0.228 e. The number of hydrogen-bond acceptors (Lipinski definition) is 3. The first-order valence-electron chi connectivity index (χ1n) is 6.50. The van der Waals surface area contributed by atoms with Crippen LogP contribution >= 0.6 is 34.8 Å². The molecule has 1 saturated heterocycles. The minimum absolute atomic E-state index is 0.0653. The molecule has 1 aromatic rings. The second kappa shape index (κ2) is 5.24. The van der Waals surface area contributed by atoms with Crippen LogP contribution in [0.4, 0.5) is 5.69 Å². The van der Waals surface area contributed by atoms with Crippen LogP contribution in [0.2, 0.25) is 5.02 Å². The number of anilines is 1. The van der Waals surface area contributed by atoms with Crippen LogP contribution in [0, 0.1) is 5.92 Å². The highest BCUT2D eigenvalue weighted by Crippen LogP contribution is 2.53. The van der Waals surface area contributed by atoms with Crippen LogP contribution in [0.3, 0.4) is 0 Å². The van der Waals surface area contributed by atoms with E-state index >= 15 is 0 Å². The van der Waals surface area contributed by atoms with Crippen molar-refractivity contribution in [2.75, 3.05) is 31.1 Å². The summed E-state index contributed by atoms with van der Waals surface area (Å²) < 4.78 is -0.845. The molecule has 0 bridgehead atoms. The Labute approximate surface area is 132 Å². The van der Waals surface area contributed by atoms with Crippen molar-refractivity contribution in [3.63, 3.8) is 0 Å². The number of halogens is 3. The SMILES string of the molecule is O=C(C1CC1(Cl)Cl)N1CCN(c2ccncc2Cl)CC1. The van der Waals surface area contributed by atoms with Crippen molar-refractivity contribution in [2.45, 2.75) is 10.8 Å². The van der Waals surface area contributed by atoms with Gasteiger partial charge in [0, 0.05) is 38.6 Å². The van der Waals surface area contributed by atoms with Gasteiger partial charge in [-0.3, -0.25) is 9.78 Å². The predicted octanol–water partition coefficient (Wildman–Crippen LogP) is 2.58. The van der Waals surface area contributed by atoms with E-state index in [1.807, 2.05) is 11.0 Å². The van der Waals surface area contributed by atoms with Crippen LogP contribution in [0.15, 0.2) is 18.5 Å². The summed E-state index contributed by atoms with van der Waals surface area (Å²) in [5.74, 6) is -0.169. The fourth-order valence-electron chi connectivity index (χ4n) is 2.49. The van der Waals surface area contributed by atoms with E-state index in [4.69, 9.17) is 34.8 Å². The van der Waals surface area contributed by atoms with Crippen molar-refractivity contribution < 1.29 is 4.79 Å². The highest BCUT2D eigenvalue weighted by molar-refractivity contribution is 6.52. The first kappa shape index (κ1) is 14.2. The molecule has 1 aliphatic heterocycles. The molecule has 1 aromatic heterocycles. The lowest BCUT2D eigenvalue weighted by Crippen LogP contribution is -2.49. The fraction of sp³-hybridized carbons (Fsp3) is 0.538. The Morgan fingerprint density at radius 1 is 1.30 bits per heavy atom. The van der Waals surface area contributed by atoms with Gasteiger partial charge in [-0.1, -0.05) is 11.6 Å². The average molecular weight is 335 g/mol. The molecule has 0 aromatic carbocycles. The maximum atomic E-state index is 12.2. The molecule has 20 heavy (non-hydrogen) atoms. The van der Waals surface area contributed by atoms with Gasteiger partial charge in [0.1, 0.15) is 4.33 Å². The number of carbonyl (C=O) groups excluding carboxylic acids is 1. The number of amides is 1. The number of nitrogens with zero attached hydrogens (tertiary/aromatic N) is 3. The molecular weight excluding hydrogens is 321 g/mol. The zero-order chi connectivity index (χ0) is 14.3. The van der Waals surface area contributed by atoms with Crippen molar-refractivity contribution in [1.29, 1.82) is 0 Å². The zero-order valence-corrected chi connectivity index (χ0v) is 13.0. The Hall–Kier alpha value is -0.710. The Morgan fingerprint density at radius 3 is 2.50 bits per heavy atom. The van der Waals surface area contributed by atoms with Crippen molar-refractivity contribution in [1.82, 2.24) is 9.88 Å². The van der Waals surface area contributed by atoms with Gasteiger partial charge in [-0.15, -0.1) is 23.2 Å². The minimum Gasteiger partial charge on any atom is -0.367 e. The molecular formula is C13H14Cl3N3O. The van der Waals surface area contributed by atoms with Crippen LogP contribution in [-0.2, 0) is 4.79 Å². The third kappa shape index (κ3) is 2.69. The predicted molar refractivity (Wildman–Crippen MR) is 80.6 cm³/mol. The largest absolute Gasteiger partial charge is 0.367 e. The number of rotatable bonds is 2. The molecule has 1 atom stereocenters. The van der Waals surface area contributed by atoms with Crippen LogP contribution in [0.5, 0.6) is 0 Å². The Balaban J connectivity index is 1.60. The normalized spacial score (nSPS) is 24.6. The number of aromatic nitrogens is 1. The molecule has 2 fully saturated rings. The average Bonchev–Trinajstić information content (AvgIpc) is 3.08. The first-order chi connectivity index (χ1) is 9.49. The number of piperazine rings is 1. The lowest BCUT2D eigenvalue weighted by Gasteiger charge is -2.36. The molecule has 1 unspecified atom stereocenters. The quantitative estimate of drug-likeness (QED) is 0.780. The topological polar surface area (TPSA) is 36.4 Å². The second-order valence-electron chi connectivity index (χ2n) is 5.16. The van der Waals surface area contributed by atoms with Gasteiger partial charge in [-0.2, -0.15) is 0 Å².